The predicted molar refractivity (Wildman–Crippen MR) is 94.2 cm³/mol. The lowest BCUT2D eigenvalue weighted by Crippen LogP contribution is -2.43. The van der Waals surface area contributed by atoms with E-state index in [-0.39, 0.29) is 24.9 Å². The number of hydrogen-bond acceptors (Lipinski definition) is 4. The molecule has 0 aliphatic carbocycles. The first-order valence-electron chi connectivity index (χ1n) is 8.31. The van der Waals surface area contributed by atoms with Gasteiger partial charge in [-0.15, -0.1) is 0 Å². The Morgan fingerprint density at radius 2 is 1.75 bits per heavy atom. The SMILES string of the molecule is Cc1cc(C)c(S(=O)(=O)NCCC(=O)N2CCC(N)CC2)c(C)c1. The first kappa shape index (κ1) is 18.9. The van der Waals surface area contributed by atoms with Gasteiger partial charge in [-0.25, -0.2) is 13.1 Å². The van der Waals surface area contributed by atoms with Crippen molar-refractivity contribution in [3.05, 3.63) is 28.8 Å². The number of aryl methyl sites for hydroxylation is 3. The van der Waals surface area contributed by atoms with Gasteiger partial charge in [0.25, 0.3) is 0 Å². The van der Waals surface area contributed by atoms with Crippen LogP contribution in [0.4, 0.5) is 0 Å². The molecule has 1 aliphatic rings. The van der Waals surface area contributed by atoms with Crippen molar-refractivity contribution in [1.29, 1.82) is 0 Å². The van der Waals surface area contributed by atoms with Crippen molar-refractivity contribution in [2.24, 2.45) is 5.73 Å². The van der Waals surface area contributed by atoms with E-state index in [9.17, 15) is 13.2 Å². The van der Waals surface area contributed by atoms with Crippen LogP contribution in [0.2, 0.25) is 0 Å². The van der Waals surface area contributed by atoms with Crippen molar-refractivity contribution in [3.63, 3.8) is 0 Å². The van der Waals surface area contributed by atoms with Crippen LogP contribution in [0.3, 0.4) is 0 Å². The third kappa shape index (κ3) is 4.55. The standard InChI is InChI=1S/C17H27N3O3S/c1-12-10-13(2)17(14(3)11-12)24(22,23)19-7-4-16(21)20-8-5-15(18)6-9-20/h10-11,15,19H,4-9,18H2,1-3H3. The maximum atomic E-state index is 12.5. The van der Waals surface area contributed by atoms with Crippen molar-refractivity contribution >= 4 is 15.9 Å². The van der Waals surface area contributed by atoms with Crippen LogP contribution in [0.1, 0.15) is 36.0 Å². The van der Waals surface area contributed by atoms with E-state index in [0.29, 0.717) is 18.0 Å². The number of hydrogen-bond donors (Lipinski definition) is 2. The first-order valence-corrected chi connectivity index (χ1v) is 9.80. The Hall–Kier alpha value is -1.44. The molecular formula is C17H27N3O3S. The lowest BCUT2D eigenvalue weighted by atomic mass is 10.1. The lowest BCUT2D eigenvalue weighted by Gasteiger charge is -2.30. The molecule has 0 bridgehead atoms. The average molecular weight is 353 g/mol. The average Bonchev–Trinajstić information content (AvgIpc) is 2.46. The molecule has 0 aromatic heterocycles. The van der Waals surface area contributed by atoms with Gasteiger partial charge in [-0.05, 0) is 44.7 Å². The smallest absolute Gasteiger partial charge is 0.241 e. The van der Waals surface area contributed by atoms with Crippen LogP contribution in [-0.4, -0.2) is 44.9 Å². The minimum absolute atomic E-state index is 0.0260. The highest BCUT2D eigenvalue weighted by atomic mass is 32.2. The number of likely N-dealkylation sites (tertiary alicyclic amines) is 1. The minimum Gasteiger partial charge on any atom is -0.343 e. The normalized spacial score (nSPS) is 16.4. The van der Waals surface area contributed by atoms with Crippen LogP contribution in [0.15, 0.2) is 17.0 Å². The van der Waals surface area contributed by atoms with Crippen molar-refractivity contribution < 1.29 is 13.2 Å². The Morgan fingerprint density at radius 1 is 1.21 bits per heavy atom. The maximum Gasteiger partial charge on any atom is 0.241 e. The Balaban J connectivity index is 1.95. The fourth-order valence-corrected chi connectivity index (χ4v) is 4.74. The number of carbonyl (C=O) groups is 1. The summed E-state index contributed by atoms with van der Waals surface area (Å²) in [4.78, 5) is 14.2. The number of benzene rings is 1. The van der Waals surface area contributed by atoms with Crippen LogP contribution in [0, 0.1) is 20.8 Å². The van der Waals surface area contributed by atoms with Gasteiger partial charge in [-0.3, -0.25) is 4.79 Å². The summed E-state index contributed by atoms with van der Waals surface area (Å²) < 4.78 is 27.6. The van der Waals surface area contributed by atoms with E-state index in [1.165, 1.54) is 0 Å². The highest BCUT2D eigenvalue weighted by molar-refractivity contribution is 7.89. The van der Waals surface area contributed by atoms with Crippen molar-refractivity contribution in [2.75, 3.05) is 19.6 Å². The number of nitrogens with two attached hydrogens (primary N) is 1. The van der Waals surface area contributed by atoms with Crippen LogP contribution >= 0.6 is 0 Å². The molecule has 1 heterocycles. The summed E-state index contributed by atoms with van der Waals surface area (Å²) in [5, 5.41) is 0. The Kier molecular flexibility index (Phi) is 6.01. The molecule has 1 amide bonds. The van der Waals surface area contributed by atoms with Gasteiger partial charge in [0.15, 0.2) is 0 Å². The molecule has 1 aliphatic heterocycles. The number of nitrogens with zero attached hydrogens (tertiary/aromatic N) is 1. The van der Waals surface area contributed by atoms with Crippen LogP contribution in [0.5, 0.6) is 0 Å². The van der Waals surface area contributed by atoms with E-state index in [0.717, 1.165) is 29.5 Å². The molecule has 3 N–H and O–H groups in total. The van der Waals surface area contributed by atoms with E-state index in [1.807, 2.05) is 19.1 Å². The highest BCUT2D eigenvalue weighted by Gasteiger charge is 2.22. The Labute approximate surface area is 144 Å². The number of nitrogens with one attached hydrogen (secondary N) is 1. The van der Waals surface area contributed by atoms with E-state index >= 15 is 0 Å². The molecule has 1 aromatic rings. The second kappa shape index (κ2) is 7.63. The van der Waals surface area contributed by atoms with E-state index in [1.54, 1.807) is 18.7 Å². The van der Waals surface area contributed by atoms with E-state index in [4.69, 9.17) is 5.73 Å². The summed E-state index contributed by atoms with van der Waals surface area (Å²) in [5.41, 5.74) is 8.30. The minimum atomic E-state index is -3.61. The van der Waals surface area contributed by atoms with E-state index in [2.05, 4.69) is 4.72 Å². The van der Waals surface area contributed by atoms with Gasteiger partial charge in [0.1, 0.15) is 0 Å². The Morgan fingerprint density at radius 3 is 2.29 bits per heavy atom. The fraction of sp³-hybridized carbons (Fsp3) is 0.588. The zero-order valence-corrected chi connectivity index (χ0v) is 15.4. The molecule has 1 saturated heterocycles. The number of amides is 1. The number of rotatable bonds is 5. The zero-order valence-electron chi connectivity index (χ0n) is 14.6. The molecule has 0 unspecified atom stereocenters. The summed E-state index contributed by atoms with van der Waals surface area (Å²) in [6.45, 7) is 6.93. The van der Waals surface area contributed by atoms with Crippen molar-refractivity contribution in [1.82, 2.24) is 9.62 Å². The summed E-state index contributed by atoms with van der Waals surface area (Å²) in [5.74, 6) is -0.0260. The quantitative estimate of drug-likeness (QED) is 0.833. The molecule has 0 spiro atoms. The molecule has 1 aromatic carbocycles. The van der Waals surface area contributed by atoms with Crippen molar-refractivity contribution in [2.45, 2.75) is 51.0 Å². The molecule has 1 fully saturated rings. The van der Waals surface area contributed by atoms with E-state index < -0.39 is 10.0 Å². The molecule has 0 radical (unpaired) electrons. The van der Waals surface area contributed by atoms with Gasteiger partial charge in [-0.1, -0.05) is 17.7 Å². The second-order valence-electron chi connectivity index (χ2n) is 6.59. The first-order chi connectivity index (χ1) is 11.2. The van der Waals surface area contributed by atoms with Crippen LogP contribution in [0.25, 0.3) is 0 Å². The summed E-state index contributed by atoms with van der Waals surface area (Å²) in [6.07, 6.45) is 1.77. The number of sulfonamides is 1. The van der Waals surface area contributed by atoms with Gasteiger partial charge in [0.2, 0.25) is 15.9 Å². The molecule has 134 valence electrons. The lowest BCUT2D eigenvalue weighted by molar-refractivity contribution is -0.132. The molecular weight excluding hydrogens is 326 g/mol. The van der Waals surface area contributed by atoms with Crippen molar-refractivity contribution in [3.8, 4) is 0 Å². The third-order valence-corrected chi connectivity index (χ3v) is 6.16. The molecule has 24 heavy (non-hydrogen) atoms. The summed E-state index contributed by atoms with van der Waals surface area (Å²) in [7, 11) is -3.61. The monoisotopic (exact) mass is 353 g/mol. The third-order valence-electron chi connectivity index (χ3n) is 4.40. The number of piperidine rings is 1. The van der Waals surface area contributed by atoms with Gasteiger partial charge in [-0.2, -0.15) is 0 Å². The fourth-order valence-electron chi connectivity index (χ4n) is 3.26. The molecule has 0 saturated carbocycles. The molecule has 0 atom stereocenters. The summed E-state index contributed by atoms with van der Waals surface area (Å²) in [6, 6.07) is 3.87. The summed E-state index contributed by atoms with van der Waals surface area (Å²) >= 11 is 0. The largest absolute Gasteiger partial charge is 0.343 e. The van der Waals surface area contributed by atoms with Gasteiger partial charge >= 0.3 is 0 Å². The molecule has 2 rings (SSSR count). The molecule has 6 nitrogen and oxygen atoms in total. The van der Waals surface area contributed by atoms with Crippen LogP contribution in [-0.2, 0) is 14.8 Å². The predicted octanol–water partition coefficient (Wildman–Crippen LogP) is 1.23. The number of carbonyl (C=O) groups excluding carboxylic acids is 1. The van der Waals surface area contributed by atoms with Gasteiger partial charge in [0.05, 0.1) is 4.90 Å². The van der Waals surface area contributed by atoms with Crippen LogP contribution < -0.4 is 10.5 Å². The second-order valence-corrected chi connectivity index (χ2v) is 8.30. The zero-order chi connectivity index (χ0) is 17.9. The van der Waals surface area contributed by atoms with Gasteiger partial charge < -0.3 is 10.6 Å². The Bertz CT molecular complexity index is 685. The maximum absolute atomic E-state index is 12.5. The topological polar surface area (TPSA) is 92.5 Å². The molecule has 7 heteroatoms. The van der Waals surface area contributed by atoms with Gasteiger partial charge in [0, 0.05) is 32.1 Å². The highest BCUT2D eigenvalue weighted by Crippen LogP contribution is 2.21.